The molecule has 0 saturated heterocycles. The van der Waals surface area contributed by atoms with Crippen LogP contribution < -0.4 is 10.1 Å². The molecule has 0 atom stereocenters. The fourth-order valence-electron chi connectivity index (χ4n) is 2.65. The van der Waals surface area contributed by atoms with Gasteiger partial charge in [-0.05, 0) is 18.2 Å². The number of nitrogens with zero attached hydrogens (tertiary/aromatic N) is 2. The third kappa shape index (κ3) is 1.77. The van der Waals surface area contributed by atoms with Crippen molar-refractivity contribution in [1.29, 1.82) is 0 Å². The van der Waals surface area contributed by atoms with Crippen LogP contribution in [-0.2, 0) is 4.79 Å². The molecule has 0 radical (unpaired) electrons. The third-order valence-electron chi connectivity index (χ3n) is 3.65. The predicted molar refractivity (Wildman–Crippen MR) is 83.5 cm³/mol. The molecule has 2 N–H and O–H groups in total. The van der Waals surface area contributed by atoms with Crippen LogP contribution in [0.2, 0.25) is 0 Å². The minimum absolute atomic E-state index is 0.211. The van der Waals surface area contributed by atoms with E-state index in [9.17, 15) is 4.79 Å². The lowest BCUT2D eigenvalue weighted by atomic mass is 10.1. The molecule has 0 spiro atoms. The van der Waals surface area contributed by atoms with Crippen LogP contribution in [0.1, 0.15) is 5.56 Å². The maximum atomic E-state index is 11.6. The zero-order chi connectivity index (χ0) is 15.1. The van der Waals surface area contributed by atoms with Gasteiger partial charge in [0.05, 0.1) is 18.0 Å². The Labute approximate surface area is 125 Å². The topological polar surface area (TPSA) is 79.9 Å². The molecular formula is C16H12N4O2. The Morgan fingerprint density at radius 1 is 1.14 bits per heavy atom. The van der Waals surface area contributed by atoms with Crippen molar-refractivity contribution in [2.45, 2.75) is 0 Å². The standard InChI is InChI=1S/C16H12N4O2/c1-22-11-5-3-2-4-10(11)14-15-13-9(8-17-15)6-7-12(21)18-16(13)20-19-14/h2-8,17H,1H3,(H,18,20,21). The first-order chi connectivity index (χ1) is 10.8. The molecule has 1 amide bonds. The smallest absolute Gasteiger partial charge is 0.249 e. The molecule has 0 bridgehead atoms. The van der Waals surface area contributed by atoms with Crippen molar-refractivity contribution in [1.82, 2.24) is 15.2 Å². The van der Waals surface area contributed by atoms with Gasteiger partial charge in [0.2, 0.25) is 5.91 Å². The molecule has 0 aliphatic carbocycles. The molecule has 0 fully saturated rings. The minimum Gasteiger partial charge on any atom is -0.496 e. The monoisotopic (exact) mass is 292 g/mol. The lowest BCUT2D eigenvalue weighted by Crippen LogP contribution is -2.09. The Morgan fingerprint density at radius 2 is 2.00 bits per heavy atom. The van der Waals surface area contributed by atoms with Crippen LogP contribution in [0.5, 0.6) is 5.75 Å². The first kappa shape index (κ1) is 12.6. The number of methoxy groups -OCH3 is 1. The highest BCUT2D eigenvalue weighted by molar-refractivity contribution is 6.13. The van der Waals surface area contributed by atoms with Gasteiger partial charge < -0.3 is 15.0 Å². The summed E-state index contributed by atoms with van der Waals surface area (Å²) in [5.41, 5.74) is 3.25. The molecule has 22 heavy (non-hydrogen) atoms. The van der Waals surface area contributed by atoms with Crippen molar-refractivity contribution in [3.8, 4) is 17.0 Å². The van der Waals surface area contributed by atoms with E-state index < -0.39 is 0 Å². The number of hydrogen-bond donors (Lipinski definition) is 2. The fraction of sp³-hybridized carbons (Fsp3) is 0.0625. The van der Waals surface area contributed by atoms with Crippen LogP contribution in [0.25, 0.3) is 28.2 Å². The Morgan fingerprint density at radius 3 is 2.86 bits per heavy atom. The first-order valence-corrected chi connectivity index (χ1v) is 6.78. The van der Waals surface area contributed by atoms with E-state index in [0.29, 0.717) is 11.5 Å². The quantitative estimate of drug-likeness (QED) is 0.761. The summed E-state index contributed by atoms with van der Waals surface area (Å²) in [7, 11) is 1.62. The summed E-state index contributed by atoms with van der Waals surface area (Å²) in [4.78, 5) is 14.9. The fourth-order valence-corrected chi connectivity index (χ4v) is 2.65. The summed E-state index contributed by atoms with van der Waals surface area (Å²) in [6.07, 6.45) is 5.08. The van der Waals surface area contributed by atoms with E-state index in [1.807, 2.05) is 30.5 Å². The molecule has 3 aromatic rings. The molecule has 4 rings (SSSR count). The van der Waals surface area contributed by atoms with E-state index in [4.69, 9.17) is 4.74 Å². The van der Waals surface area contributed by atoms with Gasteiger partial charge >= 0.3 is 0 Å². The van der Waals surface area contributed by atoms with Crippen LogP contribution in [0, 0.1) is 0 Å². The van der Waals surface area contributed by atoms with Crippen LogP contribution >= 0.6 is 0 Å². The van der Waals surface area contributed by atoms with Crippen molar-refractivity contribution in [3.05, 3.63) is 42.1 Å². The number of rotatable bonds is 2. The van der Waals surface area contributed by atoms with Crippen LogP contribution in [0.15, 0.2) is 36.5 Å². The predicted octanol–water partition coefficient (Wildman–Crippen LogP) is 2.60. The molecule has 108 valence electrons. The van der Waals surface area contributed by atoms with E-state index in [2.05, 4.69) is 20.5 Å². The summed E-state index contributed by atoms with van der Waals surface area (Å²) in [5, 5.41) is 12.0. The largest absolute Gasteiger partial charge is 0.496 e. The summed E-state index contributed by atoms with van der Waals surface area (Å²) < 4.78 is 5.40. The van der Waals surface area contributed by atoms with Crippen molar-refractivity contribution >= 4 is 28.7 Å². The van der Waals surface area contributed by atoms with Gasteiger partial charge in [0.1, 0.15) is 11.4 Å². The van der Waals surface area contributed by atoms with Gasteiger partial charge in [-0.2, -0.15) is 0 Å². The summed E-state index contributed by atoms with van der Waals surface area (Å²) in [6.45, 7) is 0. The first-order valence-electron chi connectivity index (χ1n) is 6.78. The SMILES string of the molecule is COc1ccccc1-c1nnc2c3c(c[nH]c13)C=CC(=O)N2. The van der Waals surface area contributed by atoms with Gasteiger partial charge in [-0.15, -0.1) is 10.2 Å². The van der Waals surface area contributed by atoms with Gasteiger partial charge in [0.25, 0.3) is 0 Å². The molecule has 1 aromatic carbocycles. The van der Waals surface area contributed by atoms with E-state index in [1.165, 1.54) is 6.08 Å². The molecule has 1 aliphatic rings. The van der Waals surface area contributed by atoms with E-state index in [-0.39, 0.29) is 5.91 Å². The molecule has 0 unspecified atom stereocenters. The number of anilines is 1. The second-order valence-electron chi connectivity index (χ2n) is 4.91. The maximum Gasteiger partial charge on any atom is 0.249 e. The number of aromatic amines is 1. The van der Waals surface area contributed by atoms with Crippen molar-refractivity contribution in [3.63, 3.8) is 0 Å². The Bertz CT molecular complexity index is 927. The van der Waals surface area contributed by atoms with Crippen molar-refractivity contribution in [2.24, 2.45) is 0 Å². The molecule has 2 aromatic heterocycles. The average molecular weight is 292 g/mol. The van der Waals surface area contributed by atoms with Crippen molar-refractivity contribution < 1.29 is 9.53 Å². The number of aromatic nitrogens is 3. The van der Waals surface area contributed by atoms with Gasteiger partial charge in [-0.25, -0.2) is 0 Å². The zero-order valence-electron chi connectivity index (χ0n) is 11.8. The molecule has 0 saturated carbocycles. The normalized spacial score (nSPS) is 13.0. The number of carbonyl (C=O) groups is 1. The second kappa shape index (κ2) is 4.70. The zero-order valence-corrected chi connectivity index (χ0v) is 11.8. The number of carbonyl (C=O) groups excluding carboxylic acids is 1. The minimum atomic E-state index is -0.211. The number of amides is 1. The summed E-state index contributed by atoms with van der Waals surface area (Å²) >= 11 is 0. The van der Waals surface area contributed by atoms with Crippen LogP contribution in [0.4, 0.5) is 5.82 Å². The summed E-state index contributed by atoms with van der Waals surface area (Å²) in [5.74, 6) is 0.966. The molecule has 1 aliphatic heterocycles. The Kier molecular flexibility index (Phi) is 2.69. The second-order valence-corrected chi connectivity index (χ2v) is 4.91. The average Bonchev–Trinajstić information content (AvgIpc) is 2.90. The third-order valence-corrected chi connectivity index (χ3v) is 3.65. The van der Waals surface area contributed by atoms with E-state index in [1.54, 1.807) is 13.2 Å². The highest BCUT2D eigenvalue weighted by Gasteiger charge is 2.20. The lowest BCUT2D eigenvalue weighted by molar-refractivity contribution is -0.111. The molecular weight excluding hydrogens is 280 g/mol. The highest BCUT2D eigenvalue weighted by Crippen LogP contribution is 2.36. The highest BCUT2D eigenvalue weighted by atomic mass is 16.5. The van der Waals surface area contributed by atoms with E-state index >= 15 is 0 Å². The van der Waals surface area contributed by atoms with E-state index in [0.717, 1.165) is 27.8 Å². The number of hydrogen-bond acceptors (Lipinski definition) is 4. The molecule has 3 heterocycles. The van der Waals surface area contributed by atoms with Crippen molar-refractivity contribution in [2.75, 3.05) is 12.4 Å². The number of ether oxygens (including phenoxy) is 1. The van der Waals surface area contributed by atoms with Gasteiger partial charge in [0, 0.05) is 23.4 Å². The molecule has 6 heteroatoms. The Balaban J connectivity index is 2.03. The van der Waals surface area contributed by atoms with Gasteiger partial charge in [0.15, 0.2) is 5.82 Å². The summed E-state index contributed by atoms with van der Waals surface area (Å²) in [6, 6.07) is 7.62. The van der Waals surface area contributed by atoms with Gasteiger partial charge in [-0.1, -0.05) is 12.1 Å². The number of para-hydroxylation sites is 1. The maximum absolute atomic E-state index is 11.6. The Hall–Kier alpha value is -3.15. The number of H-pyrrole nitrogens is 1. The number of benzene rings is 1. The number of nitrogens with one attached hydrogen (secondary N) is 2. The van der Waals surface area contributed by atoms with Crippen LogP contribution in [-0.4, -0.2) is 28.2 Å². The van der Waals surface area contributed by atoms with Gasteiger partial charge in [-0.3, -0.25) is 4.79 Å². The van der Waals surface area contributed by atoms with Crippen LogP contribution in [0.3, 0.4) is 0 Å². The molecule has 6 nitrogen and oxygen atoms in total. The lowest BCUT2D eigenvalue weighted by Gasteiger charge is -2.09.